The number of hydrogen-bond acceptors (Lipinski definition) is 4. The summed E-state index contributed by atoms with van der Waals surface area (Å²) in [5.41, 5.74) is 2.74. The molecule has 5 heteroatoms. The highest BCUT2D eigenvalue weighted by atomic mass is 16.4. The van der Waals surface area contributed by atoms with Crippen LogP contribution in [0, 0.1) is 6.92 Å². The molecule has 19 heavy (non-hydrogen) atoms. The van der Waals surface area contributed by atoms with Gasteiger partial charge in [-0.15, -0.1) is 0 Å². The number of rotatable bonds is 4. The predicted octanol–water partition coefficient (Wildman–Crippen LogP) is 2.12. The van der Waals surface area contributed by atoms with E-state index in [1.54, 1.807) is 18.5 Å². The molecule has 0 amide bonds. The maximum absolute atomic E-state index is 11.2. The molecule has 0 atom stereocenters. The van der Waals surface area contributed by atoms with Crippen molar-refractivity contribution in [3.05, 3.63) is 53.6 Å². The molecule has 2 aromatic heterocycles. The minimum atomic E-state index is -0.968. The molecule has 2 heterocycles. The summed E-state index contributed by atoms with van der Waals surface area (Å²) in [7, 11) is 1.86. The molecule has 0 bridgehead atoms. The van der Waals surface area contributed by atoms with Crippen LogP contribution in [0.4, 0.5) is 5.69 Å². The van der Waals surface area contributed by atoms with E-state index >= 15 is 0 Å². The van der Waals surface area contributed by atoms with Crippen LogP contribution in [0.3, 0.4) is 0 Å². The Morgan fingerprint density at radius 2 is 2.05 bits per heavy atom. The molecular weight excluding hydrogens is 242 g/mol. The number of aromatic carboxylic acids is 1. The molecular formula is C14H15N3O2. The topological polar surface area (TPSA) is 66.3 Å². The van der Waals surface area contributed by atoms with E-state index in [9.17, 15) is 9.90 Å². The van der Waals surface area contributed by atoms with Crippen molar-refractivity contribution in [2.45, 2.75) is 13.5 Å². The van der Waals surface area contributed by atoms with Gasteiger partial charge in [-0.25, -0.2) is 4.79 Å². The molecule has 0 spiro atoms. The Balaban J connectivity index is 2.30. The summed E-state index contributed by atoms with van der Waals surface area (Å²) in [4.78, 5) is 21.1. The molecule has 0 saturated heterocycles. The summed E-state index contributed by atoms with van der Waals surface area (Å²) in [5, 5.41) is 9.19. The molecule has 2 rings (SSSR count). The van der Waals surface area contributed by atoms with Crippen molar-refractivity contribution in [3.63, 3.8) is 0 Å². The molecule has 0 aliphatic heterocycles. The third kappa shape index (κ3) is 3.07. The van der Waals surface area contributed by atoms with Gasteiger partial charge in [-0.1, -0.05) is 0 Å². The molecule has 5 nitrogen and oxygen atoms in total. The zero-order chi connectivity index (χ0) is 13.8. The summed E-state index contributed by atoms with van der Waals surface area (Å²) in [6.07, 6.45) is 4.84. The van der Waals surface area contributed by atoms with Crippen LogP contribution in [0.15, 0.2) is 36.8 Å². The molecule has 0 aromatic carbocycles. The van der Waals surface area contributed by atoms with Crippen molar-refractivity contribution in [1.82, 2.24) is 9.97 Å². The van der Waals surface area contributed by atoms with E-state index in [0.717, 1.165) is 11.3 Å². The molecule has 1 N–H and O–H groups in total. The zero-order valence-corrected chi connectivity index (χ0v) is 10.9. The number of pyridine rings is 2. The number of carboxylic acids is 1. The van der Waals surface area contributed by atoms with Crippen LogP contribution in [0.25, 0.3) is 0 Å². The van der Waals surface area contributed by atoms with Crippen LogP contribution in [0.5, 0.6) is 0 Å². The Morgan fingerprint density at radius 3 is 2.68 bits per heavy atom. The molecule has 0 aliphatic rings. The van der Waals surface area contributed by atoms with Gasteiger partial charge < -0.3 is 10.0 Å². The third-order valence-electron chi connectivity index (χ3n) is 2.83. The summed E-state index contributed by atoms with van der Waals surface area (Å²) >= 11 is 0. The fourth-order valence-electron chi connectivity index (χ4n) is 1.87. The van der Waals surface area contributed by atoms with Gasteiger partial charge in [0.1, 0.15) is 5.56 Å². The molecule has 98 valence electrons. The third-order valence-corrected chi connectivity index (χ3v) is 2.83. The van der Waals surface area contributed by atoms with Crippen molar-refractivity contribution >= 4 is 11.7 Å². The maximum Gasteiger partial charge on any atom is 0.339 e. The second kappa shape index (κ2) is 5.48. The minimum Gasteiger partial charge on any atom is -0.478 e. The number of carboxylic acid groups (broad SMARTS) is 1. The first-order valence-corrected chi connectivity index (χ1v) is 5.88. The van der Waals surface area contributed by atoms with Crippen LogP contribution >= 0.6 is 0 Å². The van der Waals surface area contributed by atoms with E-state index in [1.165, 1.54) is 6.20 Å². The first-order valence-electron chi connectivity index (χ1n) is 5.88. The Hall–Kier alpha value is -2.43. The highest BCUT2D eigenvalue weighted by Gasteiger charge is 2.14. The Labute approximate surface area is 111 Å². The highest BCUT2D eigenvalue weighted by Crippen LogP contribution is 2.21. The van der Waals surface area contributed by atoms with Crippen molar-refractivity contribution < 1.29 is 9.90 Å². The van der Waals surface area contributed by atoms with Crippen molar-refractivity contribution in [3.8, 4) is 0 Å². The van der Waals surface area contributed by atoms with Crippen molar-refractivity contribution in [1.29, 1.82) is 0 Å². The summed E-state index contributed by atoms with van der Waals surface area (Å²) < 4.78 is 0. The average molecular weight is 257 g/mol. The first kappa shape index (κ1) is 13.0. The fourth-order valence-corrected chi connectivity index (χ4v) is 1.87. The highest BCUT2D eigenvalue weighted by molar-refractivity contribution is 5.94. The van der Waals surface area contributed by atoms with Gasteiger partial charge in [-0.3, -0.25) is 9.97 Å². The van der Waals surface area contributed by atoms with Crippen LogP contribution in [-0.4, -0.2) is 28.1 Å². The molecule has 2 aromatic rings. The Morgan fingerprint density at radius 1 is 1.37 bits per heavy atom. The van der Waals surface area contributed by atoms with E-state index in [1.807, 2.05) is 31.0 Å². The molecule has 0 aliphatic carbocycles. The van der Waals surface area contributed by atoms with E-state index in [2.05, 4.69) is 9.97 Å². The Kier molecular flexibility index (Phi) is 3.75. The van der Waals surface area contributed by atoms with Crippen LogP contribution < -0.4 is 4.90 Å². The van der Waals surface area contributed by atoms with E-state index < -0.39 is 5.97 Å². The smallest absolute Gasteiger partial charge is 0.339 e. The van der Waals surface area contributed by atoms with Crippen LogP contribution in [0.2, 0.25) is 0 Å². The zero-order valence-electron chi connectivity index (χ0n) is 10.9. The van der Waals surface area contributed by atoms with Gasteiger partial charge in [0.2, 0.25) is 0 Å². The van der Waals surface area contributed by atoms with Gasteiger partial charge >= 0.3 is 5.97 Å². The van der Waals surface area contributed by atoms with Gasteiger partial charge in [0.05, 0.1) is 5.69 Å². The lowest BCUT2D eigenvalue weighted by Gasteiger charge is -2.21. The van der Waals surface area contributed by atoms with Crippen molar-refractivity contribution in [2.24, 2.45) is 0 Å². The second-order valence-corrected chi connectivity index (χ2v) is 4.36. The van der Waals surface area contributed by atoms with Gasteiger partial charge in [-0.05, 0) is 30.7 Å². The first-order chi connectivity index (χ1) is 9.08. The molecule has 0 radical (unpaired) electrons. The van der Waals surface area contributed by atoms with E-state index in [0.29, 0.717) is 12.2 Å². The predicted molar refractivity (Wildman–Crippen MR) is 72.3 cm³/mol. The minimum absolute atomic E-state index is 0.210. The largest absolute Gasteiger partial charge is 0.478 e. The number of carbonyl (C=O) groups is 1. The summed E-state index contributed by atoms with van der Waals surface area (Å²) in [6, 6.07) is 5.60. The van der Waals surface area contributed by atoms with Gasteiger partial charge in [-0.2, -0.15) is 0 Å². The van der Waals surface area contributed by atoms with Crippen molar-refractivity contribution in [2.75, 3.05) is 11.9 Å². The number of aromatic nitrogens is 2. The molecule has 0 unspecified atom stereocenters. The average Bonchev–Trinajstić information content (AvgIpc) is 2.39. The summed E-state index contributed by atoms with van der Waals surface area (Å²) in [5.74, 6) is -0.968. The quantitative estimate of drug-likeness (QED) is 0.908. The van der Waals surface area contributed by atoms with E-state index in [4.69, 9.17) is 0 Å². The molecule has 0 saturated carbocycles. The van der Waals surface area contributed by atoms with Crippen LogP contribution in [-0.2, 0) is 6.54 Å². The summed E-state index contributed by atoms with van der Waals surface area (Å²) in [6.45, 7) is 2.46. The van der Waals surface area contributed by atoms with Crippen LogP contribution in [0.1, 0.15) is 21.6 Å². The standard InChI is InChI=1S/C14H15N3O2/c1-10-7-13(12(8-16-10)14(18)19)17(2)9-11-3-5-15-6-4-11/h3-8H,9H2,1-2H3,(H,18,19). The lowest BCUT2D eigenvalue weighted by Crippen LogP contribution is -2.20. The second-order valence-electron chi connectivity index (χ2n) is 4.36. The number of hydrogen-bond donors (Lipinski definition) is 1. The number of aryl methyl sites for hydroxylation is 1. The fraction of sp³-hybridized carbons (Fsp3) is 0.214. The number of anilines is 1. The Bertz CT molecular complexity index is 584. The SMILES string of the molecule is Cc1cc(N(C)Cc2ccncc2)c(C(=O)O)cn1. The molecule has 0 fully saturated rings. The maximum atomic E-state index is 11.2. The van der Waals surface area contributed by atoms with E-state index in [-0.39, 0.29) is 5.56 Å². The lowest BCUT2D eigenvalue weighted by molar-refractivity contribution is 0.0697. The normalized spacial score (nSPS) is 10.2. The van der Waals surface area contributed by atoms with Gasteiger partial charge in [0.25, 0.3) is 0 Å². The lowest BCUT2D eigenvalue weighted by atomic mass is 10.1. The number of nitrogens with zero attached hydrogens (tertiary/aromatic N) is 3. The van der Waals surface area contributed by atoms with Gasteiger partial charge in [0, 0.05) is 37.9 Å². The monoisotopic (exact) mass is 257 g/mol. The van der Waals surface area contributed by atoms with Gasteiger partial charge in [0.15, 0.2) is 0 Å².